The summed E-state index contributed by atoms with van der Waals surface area (Å²) in [5, 5.41) is 24.2. The largest absolute Gasteiger partial charge is 0.757 e. The molecule has 5 radical (unpaired) electrons. The van der Waals surface area contributed by atoms with Crippen molar-refractivity contribution in [2.75, 3.05) is 6.61 Å². The van der Waals surface area contributed by atoms with Gasteiger partial charge in [-0.3, -0.25) is 9.20 Å². The molecule has 30 heavy (non-hydrogen) atoms. The minimum atomic E-state index is -2.70. The fourth-order valence-corrected chi connectivity index (χ4v) is 5.52. The molecule has 163 valence electrons. The second-order valence-electron chi connectivity index (χ2n) is 7.99. The lowest BCUT2D eigenvalue weighted by Crippen LogP contribution is -2.53. The van der Waals surface area contributed by atoms with Gasteiger partial charge in [0.2, 0.25) is 9.76 Å². The summed E-state index contributed by atoms with van der Waals surface area (Å²) in [6.45, 7) is 15.9. The number of rotatable bonds is 10. The lowest BCUT2D eigenvalue weighted by Gasteiger charge is -2.33. The molecule has 11 heteroatoms. The van der Waals surface area contributed by atoms with E-state index in [1.165, 1.54) is 0 Å². The van der Waals surface area contributed by atoms with E-state index in [0.29, 0.717) is 38.0 Å². The molecule has 2 rings (SSSR count). The smallest absolute Gasteiger partial charge is 0.714 e. The highest BCUT2D eigenvalue weighted by Crippen LogP contribution is 2.36. The summed E-state index contributed by atoms with van der Waals surface area (Å²) in [5.41, 5.74) is -0.909. The zero-order chi connectivity index (χ0) is 22.7. The Morgan fingerprint density at radius 1 is 1.23 bits per heavy atom. The van der Waals surface area contributed by atoms with Gasteiger partial charge in [0.05, 0.1) is 5.56 Å². The highest BCUT2D eigenvalue weighted by atomic mass is 28.3. The van der Waals surface area contributed by atoms with E-state index < -0.39 is 20.2 Å². The highest BCUT2D eigenvalue weighted by Gasteiger charge is 2.58. The van der Waals surface area contributed by atoms with Gasteiger partial charge in [0, 0.05) is 6.61 Å². The maximum Gasteiger partial charge on any atom is 0.757 e. The number of amidine groups is 1. The molecule has 1 N–H and O–H groups in total. The first-order valence-corrected chi connectivity index (χ1v) is 12.9. The second-order valence-corrected chi connectivity index (χ2v) is 12.1. The molecule has 0 spiro atoms. The van der Waals surface area contributed by atoms with E-state index in [-0.39, 0.29) is 21.1 Å². The lowest BCUT2D eigenvalue weighted by atomic mass is 9.84. The number of benzene rings is 1. The summed E-state index contributed by atoms with van der Waals surface area (Å²) in [6, 6.07) is 6.43. The molecule has 0 saturated carbocycles. The molecular weight excluding hydrogens is 436 g/mol. The van der Waals surface area contributed by atoms with Crippen LogP contribution in [-0.2, 0) is 13.0 Å². The van der Waals surface area contributed by atoms with Crippen LogP contribution in [0.3, 0.4) is 0 Å². The van der Waals surface area contributed by atoms with E-state index in [2.05, 4.69) is 13.8 Å². The standard InChI is InChI=1S/C19H29N2O6Si3/c1-8-25-28-13(2)14(3)29-27-30(24)26-16-11-9-15(10-12-16)17-20(22)18(4,5)19(6,7)21(17)23/h9-14,23H,4,8H2,1-3,5-7H3. The fourth-order valence-electron chi connectivity index (χ4n) is 2.65. The molecule has 1 heterocycles. The van der Waals surface area contributed by atoms with Crippen LogP contribution in [0.5, 0.6) is 5.75 Å². The fraction of sp³-hybridized carbons (Fsp3) is 0.579. The normalized spacial score (nSPS) is 19.5. The summed E-state index contributed by atoms with van der Waals surface area (Å²) in [6.07, 6.45) is 0. The van der Waals surface area contributed by atoms with E-state index in [4.69, 9.17) is 13.0 Å². The Kier molecular flexibility index (Phi) is 8.02. The van der Waals surface area contributed by atoms with Crippen molar-refractivity contribution in [3.8, 4) is 5.75 Å². The first kappa shape index (κ1) is 24.7. The number of hydrogen-bond donors (Lipinski definition) is 1. The minimum Gasteiger partial charge on any atom is -0.714 e. The lowest BCUT2D eigenvalue weighted by molar-refractivity contribution is -0.530. The third-order valence-electron chi connectivity index (χ3n) is 5.49. The van der Waals surface area contributed by atoms with Gasteiger partial charge in [-0.1, -0.05) is 13.8 Å². The Morgan fingerprint density at radius 3 is 2.30 bits per heavy atom. The van der Waals surface area contributed by atoms with Crippen LogP contribution >= 0.6 is 0 Å². The van der Waals surface area contributed by atoms with Gasteiger partial charge in [0.15, 0.2) is 11.1 Å². The molecule has 1 aliphatic heterocycles. The van der Waals surface area contributed by atoms with Crippen molar-refractivity contribution >= 4 is 34.5 Å². The molecule has 0 saturated heterocycles. The highest BCUT2D eigenvalue weighted by molar-refractivity contribution is 6.46. The molecule has 0 aliphatic carbocycles. The van der Waals surface area contributed by atoms with Crippen LogP contribution in [0.1, 0.15) is 47.1 Å². The molecule has 0 bridgehead atoms. The minimum absolute atomic E-state index is 0.0478. The predicted octanol–water partition coefficient (Wildman–Crippen LogP) is 2.72. The van der Waals surface area contributed by atoms with Gasteiger partial charge in [-0.15, -0.1) is 5.06 Å². The monoisotopic (exact) mass is 465 g/mol. The van der Waals surface area contributed by atoms with E-state index in [0.717, 1.165) is 5.06 Å². The van der Waals surface area contributed by atoms with Gasteiger partial charge in [0.25, 0.3) is 0 Å². The predicted molar refractivity (Wildman–Crippen MR) is 116 cm³/mol. The Hall–Kier alpha value is -1.54. The van der Waals surface area contributed by atoms with Crippen molar-refractivity contribution in [3.63, 3.8) is 0 Å². The number of hydroxylamine groups is 3. The van der Waals surface area contributed by atoms with Crippen molar-refractivity contribution in [1.29, 1.82) is 0 Å². The van der Waals surface area contributed by atoms with Crippen LogP contribution in [0.4, 0.5) is 0 Å². The average molecular weight is 466 g/mol. The molecule has 8 nitrogen and oxygen atoms in total. The zero-order valence-corrected chi connectivity index (χ0v) is 21.3. The molecule has 3 unspecified atom stereocenters. The van der Waals surface area contributed by atoms with Crippen LogP contribution in [0.25, 0.3) is 0 Å². The maximum atomic E-state index is 12.7. The first-order valence-electron chi connectivity index (χ1n) is 9.74. The molecule has 0 amide bonds. The van der Waals surface area contributed by atoms with Crippen LogP contribution in [0.15, 0.2) is 24.3 Å². The van der Waals surface area contributed by atoms with Gasteiger partial charge in [0.1, 0.15) is 5.75 Å². The van der Waals surface area contributed by atoms with Crippen LogP contribution in [-0.4, -0.2) is 67.2 Å². The average Bonchev–Trinajstić information content (AvgIpc) is 2.81. The molecule has 0 aromatic heterocycles. The topological polar surface area (TPSA) is 94.3 Å². The number of nitrogens with zero attached hydrogens (tertiary/aromatic N) is 2. The molecule has 1 aliphatic rings. The summed E-state index contributed by atoms with van der Waals surface area (Å²) in [7, 11) is -2.27. The molecule has 1 aromatic carbocycles. The Labute approximate surface area is 185 Å². The first-order chi connectivity index (χ1) is 13.9. The number of hydrogen-bond acceptors (Lipinski definition) is 7. The van der Waals surface area contributed by atoms with E-state index >= 15 is 0 Å². The third-order valence-corrected chi connectivity index (χ3v) is 9.57. The summed E-state index contributed by atoms with van der Waals surface area (Å²) in [4.78, 5) is 0. The van der Waals surface area contributed by atoms with Gasteiger partial charge in [-0.2, -0.15) is 0 Å². The molecular formula is C19H29N2O6Si3. The molecule has 0 fully saturated rings. The van der Waals surface area contributed by atoms with Crippen LogP contribution in [0.2, 0.25) is 11.1 Å². The Bertz CT molecular complexity index is 785. The molecule has 1 aromatic rings. The van der Waals surface area contributed by atoms with E-state index in [1.54, 1.807) is 45.0 Å². The summed E-state index contributed by atoms with van der Waals surface area (Å²) in [5.74, 6) is 0.467. The molecule has 3 atom stereocenters. The Balaban J connectivity index is 1.98. The van der Waals surface area contributed by atoms with Gasteiger partial charge in [-0.25, -0.2) is 5.21 Å². The van der Waals surface area contributed by atoms with Crippen molar-refractivity contribution in [2.24, 2.45) is 0 Å². The van der Waals surface area contributed by atoms with Crippen molar-refractivity contribution in [3.05, 3.63) is 42.0 Å². The maximum absolute atomic E-state index is 12.7. The van der Waals surface area contributed by atoms with E-state index in [9.17, 15) is 14.9 Å². The second kappa shape index (κ2) is 9.73. The van der Waals surface area contributed by atoms with Gasteiger partial charge in [-0.05, 0) is 70.0 Å². The quantitative estimate of drug-likeness (QED) is 0.322. The third kappa shape index (κ3) is 5.02. The van der Waals surface area contributed by atoms with Gasteiger partial charge < -0.3 is 18.2 Å². The van der Waals surface area contributed by atoms with Crippen LogP contribution in [0, 0.1) is 12.1 Å². The van der Waals surface area contributed by atoms with Gasteiger partial charge >= 0.3 is 24.8 Å². The van der Waals surface area contributed by atoms with Crippen molar-refractivity contribution in [2.45, 2.75) is 63.7 Å². The van der Waals surface area contributed by atoms with Crippen molar-refractivity contribution in [1.82, 2.24) is 5.06 Å². The SMILES string of the molecule is [CH2]C1(C)[N+]([O-])=C(c2ccc(O[Si](=O)O[Si]C(C)C(C)[Si]OCC)cc2)N(O)C1(C)C. The zero-order valence-electron chi connectivity index (χ0n) is 18.3. The van der Waals surface area contributed by atoms with E-state index in [1.807, 2.05) is 13.8 Å². The Morgan fingerprint density at radius 2 is 1.80 bits per heavy atom. The van der Waals surface area contributed by atoms with Crippen molar-refractivity contribution < 1.29 is 27.4 Å². The van der Waals surface area contributed by atoms with Crippen LogP contribution < -0.4 is 4.43 Å². The summed E-state index contributed by atoms with van der Waals surface area (Å²) >= 11 is 0. The summed E-state index contributed by atoms with van der Waals surface area (Å²) < 4.78 is 29.1.